The van der Waals surface area contributed by atoms with Gasteiger partial charge >= 0.3 is 0 Å². The molecule has 0 fully saturated rings. The van der Waals surface area contributed by atoms with Gasteiger partial charge in [0.15, 0.2) is 11.5 Å². The average molecular weight is 393 g/mol. The maximum Gasteiger partial charge on any atom is 0.231 e. The van der Waals surface area contributed by atoms with Crippen LogP contribution in [-0.4, -0.2) is 6.79 Å². The lowest BCUT2D eigenvalue weighted by atomic mass is 9.80. The minimum atomic E-state index is -0.0101. The third kappa shape index (κ3) is 2.82. The van der Waals surface area contributed by atoms with Gasteiger partial charge in [-0.15, -0.1) is 0 Å². The molecule has 28 heavy (non-hydrogen) atoms. The Morgan fingerprint density at radius 1 is 0.857 bits per heavy atom. The quantitative estimate of drug-likeness (QED) is 0.509. The van der Waals surface area contributed by atoms with Crippen molar-refractivity contribution in [3.05, 3.63) is 87.4 Å². The van der Waals surface area contributed by atoms with Crippen molar-refractivity contribution in [1.29, 1.82) is 0 Å². The van der Waals surface area contributed by atoms with Crippen LogP contribution in [0.15, 0.2) is 54.6 Å². The molecule has 2 aliphatic heterocycles. The zero-order valence-corrected chi connectivity index (χ0v) is 16.6. The van der Waals surface area contributed by atoms with Gasteiger partial charge in [0.25, 0.3) is 0 Å². The maximum atomic E-state index is 6.61. The Morgan fingerprint density at radius 3 is 2.46 bits per heavy atom. The van der Waals surface area contributed by atoms with Crippen LogP contribution in [0.2, 0.25) is 5.02 Å². The van der Waals surface area contributed by atoms with E-state index < -0.39 is 0 Å². The molecule has 0 aromatic heterocycles. The molecule has 5 rings (SSSR count). The monoisotopic (exact) mass is 392 g/mol. The number of halogens is 1. The number of benzene rings is 3. The second-order valence-corrected chi connectivity index (χ2v) is 7.84. The number of rotatable bonds is 2. The van der Waals surface area contributed by atoms with Gasteiger partial charge in [0.05, 0.1) is 0 Å². The van der Waals surface area contributed by atoms with Crippen molar-refractivity contribution >= 4 is 11.6 Å². The predicted octanol–water partition coefficient (Wildman–Crippen LogP) is 6.34. The van der Waals surface area contributed by atoms with E-state index in [-0.39, 0.29) is 18.8 Å². The third-order valence-electron chi connectivity index (χ3n) is 5.73. The van der Waals surface area contributed by atoms with E-state index in [1.807, 2.05) is 19.1 Å². The first-order valence-corrected chi connectivity index (χ1v) is 9.90. The summed E-state index contributed by atoms with van der Waals surface area (Å²) < 4.78 is 17.6. The fraction of sp³-hybridized carbons (Fsp3) is 0.250. The topological polar surface area (TPSA) is 27.7 Å². The lowest BCUT2D eigenvalue weighted by molar-refractivity contribution is 0.166. The predicted molar refractivity (Wildman–Crippen MR) is 110 cm³/mol. The molecule has 0 saturated heterocycles. The molecule has 3 aromatic rings. The molecule has 2 atom stereocenters. The SMILES string of the molecule is Cc1cc2c(c(C)c1Cl)[C@@H](c1ccc3c(c1)OCO3)C[C@@H](c1ccccc1)O2. The minimum Gasteiger partial charge on any atom is -0.485 e. The van der Waals surface area contributed by atoms with Crippen LogP contribution >= 0.6 is 11.6 Å². The largest absolute Gasteiger partial charge is 0.485 e. The first-order valence-electron chi connectivity index (χ1n) is 9.52. The van der Waals surface area contributed by atoms with E-state index in [2.05, 4.69) is 49.4 Å². The average Bonchev–Trinajstić information content (AvgIpc) is 3.19. The van der Waals surface area contributed by atoms with Crippen LogP contribution in [0.5, 0.6) is 17.2 Å². The Hall–Kier alpha value is -2.65. The van der Waals surface area contributed by atoms with Gasteiger partial charge in [0.2, 0.25) is 6.79 Å². The van der Waals surface area contributed by atoms with Crippen molar-refractivity contribution in [2.45, 2.75) is 32.3 Å². The van der Waals surface area contributed by atoms with E-state index in [9.17, 15) is 0 Å². The van der Waals surface area contributed by atoms with Gasteiger partial charge in [-0.05, 0) is 60.7 Å². The summed E-state index contributed by atoms with van der Waals surface area (Å²) in [5.74, 6) is 2.69. The highest BCUT2D eigenvalue weighted by Gasteiger charge is 2.33. The molecule has 4 heteroatoms. The smallest absolute Gasteiger partial charge is 0.231 e. The van der Waals surface area contributed by atoms with Crippen LogP contribution < -0.4 is 14.2 Å². The zero-order valence-electron chi connectivity index (χ0n) is 15.9. The normalized spacial score (nSPS) is 19.8. The molecule has 0 spiro atoms. The van der Waals surface area contributed by atoms with E-state index in [1.165, 1.54) is 16.7 Å². The highest BCUT2D eigenvalue weighted by atomic mass is 35.5. The van der Waals surface area contributed by atoms with Gasteiger partial charge in [0.1, 0.15) is 11.9 Å². The molecular formula is C24H21ClO3. The van der Waals surface area contributed by atoms with Crippen LogP contribution in [-0.2, 0) is 0 Å². The lowest BCUT2D eigenvalue weighted by Crippen LogP contribution is -2.21. The molecule has 3 nitrogen and oxygen atoms in total. The van der Waals surface area contributed by atoms with Crippen LogP contribution in [0.25, 0.3) is 0 Å². The Balaban J connectivity index is 1.65. The molecule has 2 heterocycles. The summed E-state index contributed by atoms with van der Waals surface area (Å²) in [7, 11) is 0. The summed E-state index contributed by atoms with van der Waals surface area (Å²) in [6, 6.07) is 18.7. The first-order chi connectivity index (χ1) is 13.6. The van der Waals surface area contributed by atoms with Crippen LogP contribution in [0.4, 0.5) is 0 Å². The fourth-order valence-corrected chi connectivity index (χ4v) is 4.46. The van der Waals surface area contributed by atoms with Crippen molar-refractivity contribution < 1.29 is 14.2 Å². The van der Waals surface area contributed by atoms with Gasteiger partial charge in [0, 0.05) is 16.5 Å². The summed E-state index contributed by atoms with van der Waals surface area (Å²) in [4.78, 5) is 0. The van der Waals surface area contributed by atoms with Gasteiger partial charge in [-0.25, -0.2) is 0 Å². The van der Waals surface area contributed by atoms with E-state index >= 15 is 0 Å². The molecule has 0 bridgehead atoms. The summed E-state index contributed by atoms with van der Waals surface area (Å²) in [5.41, 5.74) is 5.67. The second-order valence-electron chi connectivity index (χ2n) is 7.46. The van der Waals surface area contributed by atoms with Gasteiger partial charge in [-0.1, -0.05) is 48.0 Å². The van der Waals surface area contributed by atoms with E-state index in [0.29, 0.717) is 0 Å². The Bertz CT molecular complexity index is 1050. The van der Waals surface area contributed by atoms with Gasteiger partial charge < -0.3 is 14.2 Å². The molecule has 0 unspecified atom stereocenters. The third-order valence-corrected chi connectivity index (χ3v) is 6.31. The maximum absolute atomic E-state index is 6.61. The van der Waals surface area contributed by atoms with E-state index in [4.69, 9.17) is 25.8 Å². The Labute approximate surface area is 169 Å². The van der Waals surface area contributed by atoms with Gasteiger partial charge in [-0.2, -0.15) is 0 Å². The van der Waals surface area contributed by atoms with E-state index in [0.717, 1.165) is 39.8 Å². The molecule has 0 N–H and O–H groups in total. The number of hydrogen-bond donors (Lipinski definition) is 0. The molecule has 0 saturated carbocycles. The first kappa shape index (κ1) is 17.4. The Kier molecular flexibility index (Phi) is 4.21. The second kappa shape index (κ2) is 6.75. The number of ether oxygens (including phenoxy) is 3. The molecule has 0 amide bonds. The Morgan fingerprint density at radius 2 is 1.64 bits per heavy atom. The molecular weight excluding hydrogens is 372 g/mol. The molecule has 0 radical (unpaired) electrons. The van der Waals surface area contributed by atoms with Gasteiger partial charge in [-0.3, -0.25) is 0 Å². The number of hydrogen-bond acceptors (Lipinski definition) is 3. The molecule has 3 aromatic carbocycles. The fourth-order valence-electron chi connectivity index (χ4n) is 4.30. The number of aryl methyl sites for hydroxylation is 1. The summed E-state index contributed by atoms with van der Waals surface area (Å²) >= 11 is 6.61. The van der Waals surface area contributed by atoms with Crippen LogP contribution in [0, 0.1) is 13.8 Å². The molecule has 142 valence electrons. The van der Waals surface area contributed by atoms with Crippen molar-refractivity contribution in [3.63, 3.8) is 0 Å². The molecule has 2 aliphatic rings. The highest BCUT2D eigenvalue weighted by molar-refractivity contribution is 6.32. The van der Waals surface area contributed by atoms with Crippen LogP contribution in [0.1, 0.15) is 46.3 Å². The van der Waals surface area contributed by atoms with Crippen molar-refractivity contribution in [2.75, 3.05) is 6.79 Å². The summed E-state index contributed by atoms with van der Waals surface area (Å²) in [5, 5.41) is 0.811. The minimum absolute atomic E-state index is 0.0101. The zero-order chi connectivity index (χ0) is 19.3. The number of fused-ring (bicyclic) bond motifs is 2. The lowest BCUT2D eigenvalue weighted by Gasteiger charge is -2.35. The standard InChI is InChI=1S/C24H21ClO3/c1-14-10-22-23(15(2)24(14)25)18(12-20(28-22)16-6-4-3-5-7-16)17-8-9-19-21(11-17)27-13-26-19/h3-11,18,20H,12-13H2,1-2H3/t18-,20+/m1/s1. The highest BCUT2D eigenvalue weighted by Crippen LogP contribution is 2.50. The summed E-state index contributed by atoms with van der Waals surface area (Å²) in [6.45, 7) is 4.39. The summed E-state index contributed by atoms with van der Waals surface area (Å²) in [6.07, 6.45) is 0.834. The van der Waals surface area contributed by atoms with Crippen molar-refractivity contribution in [2.24, 2.45) is 0 Å². The van der Waals surface area contributed by atoms with Crippen molar-refractivity contribution in [1.82, 2.24) is 0 Å². The van der Waals surface area contributed by atoms with Crippen LogP contribution in [0.3, 0.4) is 0 Å². The van der Waals surface area contributed by atoms with E-state index in [1.54, 1.807) is 0 Å². The van der Waals surface area contributed by atoms with Crippen molar-refractivity contribution in [3.8, 4) is 17.2 Å². The molecule has 0 aliphatic carbocycles.